The fraction of sp³-hybridized carbons (Fsp3) is 0.562. The number of benzene rings is 1. The van der Waals surface area contributed by atoms with Crippen molar-refractivity contribution in [2.24, 2.45) is 0 Å². The Morgan fingerprint density at radius 1 is 1.40 bits per heavy atom. The van der Waals surface area contributed by atoms with Crippen LogP contribution in [-0.4, -0.2) is 29.6 Å². The SMILES string of the molecule is CCC(=O)[C@H](CCNCC1(O)CC1)c1ccc(Br)cc1. The first kappa shape index (κ1) is 15.7. The monoisotopic (exact) mass is 339 g/mol. The van der Waals surface area contributed by atoms with Crippen molar-refractivity contribution in [3.05, 3.63) is 34.3 Å². The zero-order valence-corrected chi connectivity index (χ0v) is 13.4. The maximum atomic E-state index is 12.1. The predicted molar refractivity (Wildman–Crippen MR) is 83.9 cm³/mol. The molecule has 0 heterocycles. The number of ketones is 1. The largest absolute Gasteiger partial charge is 0.389 e. The summed E-state index contributed by atoms with van der Waals surface area (Å²) in [7, 11) is 0. The van der Waals surface area contributed by atoms with Gasteiger partial charge in [0.1, 0.15) is 5.78 Å². The summed E-state index contributed by atoms with van der Waals surface area (Å²) in [6.45, 7) is 3.31. The van der Waals surface area contributed by atoms with Crippen molar-refractivity contribution < 1.29 is 9.90 Å². The second-order valence-electron chi connectivity index (χ2n) is 5.61. The van der Waals surface area contributed by atoms with Gasteiger partial charge >= 0.3 is 0 Å². The lowest BCUT2D eigenvalue weighted by Gasteiger charge is -2.17. The number of nitrogens with one attached hydrogen (secondary N) is 1. The normalized spacial score (nSPS) is 17.8. The number of hydrogen-bond acceptors (Lipinski definition) is 3. The van der Waals surface area contributed by atoms with Gasteiger partial charge in [-0.2, -0.15) is 0 Å². The molecule has 0 bridgehead atoms. The predicted octanol–water partition coefficient (Wildman–Crippen LogP) is 3.02. The molecule has 4 heteroatoms. The van der Waals surface area contributed by atoms with Gasteiger partial charge in [0.25, 0.3) is 0 Å². The Morgan fingerprint density at radius 3 is 2.60 bits per heavy atom. The molecule has 0 spiro atoms. The minimum Gasteiger partial charge on any atom is -0.389 e. The summed E-state index contributed by atoms with van der Waals surface area (Å²) in [4.78, 5) is 12.1. The summed E-state index contributed by atoms with van der Waals surface area (Å²) in [6, 6.07) is 7.98. The smallest absolute Gasteiger partial charge is 0.140 e. The summed E-state index contributed by atoms with van der Waals surface area (Å²) >= 11 is 3.42. The fourth-order valence-corrected chi connectivity index (χ4v) is 2.61. The first-order valence-electron chi connectivity index (χ1n) is 7.25. The summed E-state index contributed by atoms with van der Waals surface area (Å²) < 4.78 is 1.03. The maximum absolute atomic E-state index is 12.1. The average Bonchev–Trinajstić information content (AvgIpc) is 3.18. The van der Waals surface area contributed by atoms with Crippen LogP contribution in [0.2, 0.25) is 0 Å². The molecule has 0 radical (unpaired) electrons. The summed E-state index contributed by atoms with van der Waals surface area (Å²) in [5.41, 5.74) is 0.606. The number of carbonyl (C=O) groups excluding carboxylic acids is 1. The zero-order chi connectivity index (χ0) is 14.6. The van der Waals surface area contributed by atoms with E-state index in [1.54, 1.807) is 0 Å². The van der Waals surface area contributed by atoms with E-state index in [4.69, 9.17) is 0 Å². The van der Waals surface area contributed by atoms with Gasteiger partial charge in [0.15, 0.2) is 0 Å². The minimum absolute atomic E-state index is 0.0468. The van der Waals surface area contributed by atoms with Crippen molar-refractivity contribution in [3.63, 3.8) is 0 Å². The van der Waals surface area contributed by atoms with Crippen LogP contribution >= 0.6 is 15.9 Å². The van der Waals surface area contributed by atoms with Crippen LogP contribution in [0.15, 0.2) is 28.7 Å². The van der Waals surface area contributed by atoms with E-state index in [0.29, 0.717) is 13.0 Å². The third-order valence-corrected chi connectivity index (χ3v) is 4.43. The molecule has 1 aliphatic carbocycles. The molecular formula is C16H22BrNO2. The Balaban J connectivity index is 1.89. The third kappa shape index (κ3) is 4.40. The van der Waals surface area contributed by atoms with Gasteiger partial charge < -0.3 is 10.4 Å². The van der Waals surface area contributed by atoms with Crippen LogP contribution in [0.4, 0.5) is 0 Å². The first-order valence-corrected chi connectivity index (χ1v) is 8.05. The van der Waals surface area contributed by atoms with Crippen LogP contribution in [0.5, 0.6) is 0 Å². The highest BCUT2D eigenvalue weighted by molar-refractivity contribution is 9.10. The van der Waals surface area contributed by atoms with Gasteiger partial charge in [-0.05, 0) is 43.5 Å². The molecule has 1 saturated carbocycles. The van der Waals surface area contributed by atoms with E-state index in [1.807, 2.05) is 31.2 Å². The first-order chi connectivity index (χ1) is 9.54. The van der Waals surface area contributed by atoms with Gasteiger partial charge in [-0.1, -0.05) is 35.0 Å². The quantitative estimate of drug-likeness (QED) is 0.715. The molecule has 1 aromatic rings. The van der Waals surface area contributed by atoms with Crippen LogP contribution in [0.3, 0.4) is 0 Å². The Labute approximate surface area is 128 Å². The Bertz CT molecular complexity index is 454. The lowest BCUT2D eigenvalue weighted by molar-refractivity contribution is -0.120. The van der Waals surface area contributed by atoms with E-state index < -0.39 is 5.60 Å². The highest BCUT2D eigenvalue weighted by atomic mass is 79.9. The molecule has 2 N–H and O–H groups in total. The van der Waals surface area contributed by atoms with E-state index >= 15 is 0 Å². The summed E-state index contributed by atoms with van der Waals surface area (Å²) in [6.07, 6.45) is 3.13. The van der Waals surface area contributed by atoms with Crippen LogP contribution in [0.25, 0.3) is 0 Å². The average molecular weight is 340 g/mol. The highest BCUT2D eigenvalue weighted by Gasteiger charge is 2.39. The van der Waals surface area contributed by atoms with Crippen LogP contribution < -0.4 is 5.32 Å². The van der Waals surface area contributed by atoms with Crippen molar-refractivity contribution in [1.82, 2.24) is 5.32 Å². The van der Waals surface area contributed by atoms with Gasteiger partial charge in [0, 0.05) is 23.4 Å². The third-order valence-electron chi connectivity index (χ3n) is 3.90. The van der Waals surface area contributed by atoms with Crippen molar-refractivity contribution >= 4 is 21.7 Å². The van der Waals surface area contributed by atoms with Crippen molar-refractivity contribution in [2.45, 2.75) is 44.1 Å². The van der Waals surface area contributed by atoms with Gasteiger partial charge in [-0.3, -0.25) is 4.79 Å². The van der Waals surface area contributed by atoms with E-state index in [9.17, 15) is 9.90 Å². The molecule has 1 aromatic carbocycles. The second-order valence-corrected chi connectivity index (χ2v) is 6.53. The molecule has 0 saturated heterocycles. The Morgan fingerprint density at radius 2 is 2.05 bits per heavy atom. The molecule has 1 fully saturated rings. The van der Waals surface area contributed by atoms with E-state index in [0.717, 1.165) is 35.8 Å². The molecule has 1 aliphatic rings. The molecular weight excluding hydrogens is 318 g/mol. The standard InChI is InChI=1S/C16H22BrNO2/c1-2-15(19)14(12-3-5-13(17)6-4-12)7-10-18-11-16(20)8-9-16/h3-6,14,18,20H,2,7-11H2,1H3/t14-/m1/s1. The number of hydrogen-bond donors (Lipinski definition) is 2. The minimum atomic E-state index is -0.470. The van der Waals surface area contributed by atoms with Gasteiger partial charge in [-0.25, -0.2) is 0 Å². The van der Waals surface area contributed by atoms with Crippen molar-refractivity contribution in [1.29, 1.82) is 0 Å². The molecule has 0 aliphatic heterocycles. The van der Waals surface area contributed by atoms with Crippen LogP contribution in [0.1, 0.15) is 44.1 Å². The van der Waals surface area contributed by atoms with E-state index in [2.05, 4.69) is 21.2 Å². The topological polar surface area (TPSA) is 49.3 Å². The lowest BCUT2D eigenvalue weighted by atomic mass is 9.90. The van der Waals surface area contributed by atoms with Crippen molar-refractivity contribution in [3.8, 4) is 0 Å². The van der Waals surface area contributed by atoms with Crippen molar-refractivity contribution in [2.75, 3.05) is 13.1 Å². The number of carbonyl (C=O) groups is 1. The Hall–Kier alpha value is -0.710. The molecule has 3 nitrogen and oxygen atoms in total. The van der Waals surface area contributed by atoms with Crippen LogP contribution in [-0.2, 0) is 4.79 Å². The summed E-state index contributed by atoms with van der Waals surface area (Å²) in [5.74, 6) is 0.230. The molecule has 110 valence electrons. The maximum Gasteiger partial charge on any atom is 0.140 e. The second kappa shape index (κ2) is 6.83. The number of aliphatic hydroxyl groups is 1. The molecule has 2 rings (SSSR count). The molecule has 1 atom stereocenters. The molecule has 0 unspecified atom stereocenters. The van der Waals surface area contributed by atoms with Gasteiger partial charge in [-0.15, -0.1) is 0 Å². The lowest BCUT2D eigenvalue weighted by Crippen LogP contribution is -2.30. The molecule has 0 amide bonds. The molecule has 20 heavy (non-hydrogen) atoms. The van der Waals surface area contributed by atoms with Gasteiger partial charge in [0.05, 0.1) is 5.60 Å². The number of Topliss-reactive ketones (excluding diaryl/α,β-unsaturated/α-hetero) is 1. The summed E-state index contributed by atoms with van der Waals surface area (Å²) in [5, 5.41) is 13.0. The number of halogens is 1. The fourth-order valence-electron chi connectivity index (χ4n) is 2.34. The molecule has 0 aromatic heterocycles. The van der Waals surface area contributed by atoms with E-state index in [1.165, 1.54) is 0 Å². The highest BCUT2D eigenvalue weighted by Crippen LogP contribution is 2.34. The van der Waals surface area contributed by atoms with Gasteiger partial charge in [0.2, 0.25) is 0 Å². The zero-order valence-electron chi connectivity index (χ0n) is 11.9. The Kier molecular flexibility index (Phi) is 5.35. The van der Waals surface area contributed by atoms with E-state index in [-0.39, 0.29) is 11.7 Å². The number of rotatable bonds is 8. The van der Waals surface area contributed by atoms with Crippen LogP contribution in [0, 0.1) is 0 Å².